The number of hydrogen-bond acceptors (Lipinski definition) is 21. The summed E-state index contributed by atoms with van der Waals surface area (Å²) in [7, 11) is 0. The number of phenolic OH excluding ortho intramolecular Hbond substituents is 1. The molecule has 576 valence electrons. The molecule has 0 saturated carbocycles. The number of hydrogen-bond donors (Lipinski definition) is 19. The molecule has 0 spiro atoms. The van der Waals surface area contributed by atoms with Gasteiger partial charge in [-0.3, -0.25) is 71.9 Å². The van der Waals surface area contributed by atoms with Crippen LogP contribution in [0.4, 0.5) is 0 Å². The number of ether oxygens (including phenoxy) is 1. The number of carboxylic acid groups (broad SMARTS) is 2. The van der Waals surface area contributed by atoms with Crippen molar-refractivity contribution >= 4 is 94.7 Å². The van der Waals surface area contributed by atoms with Crippen LogP contribution < -0.4 is 81.0 Å². The predicted molar refractivity (Wildman–Crippen MR) is 371 cm³/mol. The monoisotopic (exact) mass is 1470 g/mol. The van der Waals surface area contributed by atoms with Gasteiger partial charge < -0.3 is 106 Å². The number of aliphatic carboxylic acids is 2. The van der Waals surface area contributed by atoms with Gasteiger partial charge in [-0.2, -0.15) is 0 Å². The highest BCUT2D eigenvalue weighted by Crippen LogP contribution is 2.16. The van der Waals surface area contributed by atoms with Crippen LogP contribution in [0.15, 0.2) is 54.6 Å². The first-order valence-electron chi connectivity index (χ1n) is 34.7. The Labute approximate surface area is 601 Å². The van der Waals surface area contributed by atoms with E-state index in [0.717, 1.165) is 45.4 Å². The Kier molecular flexibility index (Phi) is 39.7. The summed E-state index contributed by atoms with van der Waals surface area (Å²) in [5.41, 5.74) is 18.0. The van der Waals surface area contributed by atoms with E-state index in [-0.39, 0.29) is 38.0 Å². The first kappa shape index (κ1) is 87.9. The lowest BCUT2D eigenvalue weighted by Crippen LogP contribution is -2.62. The molecule has 1 saturated heterocycles. The molecule has 1 aliphatic heterocycles. The lowest BCUT2D eigenvalue weighted by atomic mass is 10.00. The molecule has 11 atom stereocenters. The van der Waals surface area contributed by atoms with Gasteiger partial charge in [0.05, 0.1) is 39.0 Å². The summed E-state index contributed by atoms with van der Waals surface area (Å²) in [5, 5.41) is 67.7. The quantitative estimate of drug-likeness (QED) is 0.0253. The molecule has 2 aromatic rings. The summed E-state index contributed by atoms with van der Waals surface area (Å²) in [5.74, 6) is -20.9. The summed E-state index contributed by atoms with van der Waals surface area (Å²) in [6.07, 6.45) is 4.15. The van der Waals surface area contributed by atoms with E-state index >= 15 is 0 Å². The van der Waals surface area contributed by atoms with E-state index in [4.69, 9.17) is 21.9 Å². The minimum absolute atomic E-state index is 0.0530. The Morgan fingerprint density at radius 1 is 0.529 bits per heavy atom. The molecule has 13 amide bonds. The Hall–Kier alpha value is -10.4. The van der Waals surface area contributed by atoms with Crippen LogP contribution in [0.3, 0.4) is 0 Å². The van der Waals surface area contributed by atoms with Crippen LogP contribution in [0.2, 0.25) is 0 Å². The van der Waals surface area contributed by atoms with Crippen molar-refractivity contribution in [3.63, 3.8) is 0 Å². The third-order valence-corrected chi connectivity index (χ3v) is 16.5. The van der Waals surface area contributed by atoms with Gasteiger partial charge in [-0.05, 0) is 68.5 Å². The van der Waals surface area contributed by atoms with Crippen molar-refractivity contribution < 1.29 is 102 Å². The number of nitrogens with one attached hydrogen (secondary N) is 12. The molecule has 36 heteroatoms. The number of unbranched alkanes of at least 4 members (excludes halogenated alkanes) is 10. The second-order valence-corrected chi connectivity index (χ2v) is 25.5. The Morgan fingerprint density at radius 3 is 1.44 bits per heavy atom. The lowest BCUT2D eigenvalue weighted by Gasteiger charge is -2.30. The number of aromatic hydroxyl groups is 1. The van der Waals surface area contributed by atoms with Gasteiger partial charge in [0.2, 0.25) is 76.8 Å². The Morgan fingerprint density at radius 2 is 0.962 bits per heavy atom. The molecule has 0 aliphatic carbocycles. The van der Waals surface area contributed by atoms with E-state index in [1.807, 2.05) is 5.32 Å². The zero-order valence-electron chi connectivity index (χ0n) is 59.1. The van der Waals surface area contributed by atoms with E-state index < -0.39 is 219 Å². The molecule has 0 unspecified atom stereocenters. The molecule has 2 aromatic carbocycles. The molecule has 1 heterocycles. The minimum Gasteiger partial charge on any atom is -0.508 e. The van der Waals surface area contributed by atoms with E-state index in [1.165, 1.54) is 57.4 Å². The van der Waals surface area contributed by atoms with Crippen molar-refractivity contribution in [2.45, 2.75) is 216 Å². The predicted octanol–water partition coefficient (Wildman–Crippen LogP) is -3.93. The molecule has 1 fully saturated rings. The van der Waals surface area contributed by atoms with Crippen molar-refractivity contribution in [2.75, 3.05) is 32.8 Å². The average molecular weight is 1470 g/mol. The number of carbonyl (C=O) groups is 16. The number of carbonyl (C=O) groups excluding carboxylic acids is 14. The molecule has 22 N–H and O–H groups in total. The van der Waals surface area contributed by atoms with Crippen molar-refractivity contribution in [2.24, 2.45) is 23.1 Å². The molecule has 36 nitrogen and oxygen atoms in total. The van der Waals surface area contributed by atoms with Crippen molar-refractivity contribution in [1.82, 2.24) is 63.8 Å². The number of rotatable bonds is 31. The van der Waals surface area contributed by atoms with Crippen LogP contribution in [0, 0.1) is 5.92 Å². The number of phenols is 1. The van der Waals surface area contributed by atoms with Crippen LogP contribution in [0.1, 0.15) is 148 Å². The third-order valence-electron chi connectivity index (χ3n) is 16.5. The molecular weight excluding hydrogens is 1360 g/mol. The maximum absolute atomic E-state index is 14.7. The maximum Gasteiger partial charge on any atom is 0.329 e. The van der Waals surface area contributed by atoms with Crippen LogP contribution in [-0.2, 0) is 94.3 Å². The molecule has 1 aliphatic rings. The molecular formula is C68H103N15O21. The fourth-order valence-corrected chi connectivity index (χ4v) is 10.8. The van der Waals surface area contributed by atoms with Gasteiger partial charge >= 0.3 is 17.9 Å². The first-order valence-corrected chi connectivity index (χ1v) is 34.7. The number of esters is 1. The van der Waals surface area contributed by atoms with Gasteiger partial charge in [-0.15, -0.1) is 0 Å². The number of carboxylic acids is 2. The highest BCUT2D eigenvalue weighted by atomic mass is 16.5. The van der Waals surface area contributed by atoms with Crippen LogP contribution in [0.5, 0.6) is 5.75 Å². The Balaban J connectivity index is 2.19. The summed E-state index contributed by atoms with van der Waals surface area (Å²) in [6.45, 7) is 2.46. The Bertz CT molecular complexity index is 3230. The van der Waals surface area contributed by atoms with Crippen LogP contribution >= 0.6 is 0 Å². The van der Waals surface area contributed by atoms with E-state index in [1.54, 1.807) is 30.3 Å². The fourth-order valence-electron chi connectivity index (χ4n) is 10.8. The average Bonchev–Trinajstić information content (AvgIpc) is 0.851. The lowest BCUT2D eigenvalue weighted by molar-refractivity contribution is -0.156. The van der Waals surface area contributed by atoms with Crippen LogP contribution in [0.25, 0.3) is 0 Å². The van der Waals surface area contributed by atoms with Crippen molar-refractivity contribution in [1.29, 1.82) is 0 Å². The number of nitrogens with two attached hydrogens (primary N) is 3. The van der Waals surface area contributed by atoms with E-state index in [0.29, 0.717) is 24.0 Å². The van der Waals surface area contributed by atoms with E-state index in [9.17, 15) is 97.1 Å². The highest BCUT2D eigenvalue weighted by Gasteiger charge is 2.39. The van der Waals surface area contributed by atoms with Gasteiger partial charge in [0, 0.05) is 19.3 Å². The van der Waals surface area contributed by atoms with Crippen LogP contribution in [-0.4, -0.2) is 214 Å². The van der Waals surface area contributed by atoms with Gasteiger partial charge in [0.1, 0.15) is 72.3 Å². The van der Waals surface area contributed by atoms with Crippen molar-refractivity contribution in [3.05, 3.63) is 65.7 Å². The van der Waals surface area contributed by atoms with E-state index in [2.05, 4.69) is 65.4 Å². The summed E-state index contributed by atoms with van der Waals surface area (Å²) < 4.78 is 5.87. The topological polar surface area (TPSA) is 586 Å². The van der Waals surface area contributed by atoms with Gasteiger partial charge in [-0.1, -0.05) is 127 Å². The number of aliphatic hydroxyl groups is 1. The number of primary amides is 1. The summed E-state index contributed by atoms with van der Waals surface area (Å²) in [6, 6.07) is -4.86. The minimum atomic E-state index is -2.09. The van der Waals surface area contributed by atoms with Gasteiger partial charge in [-0.25, -0.2) is 4.79 Å². The largest absolute Gasteiger partial charge is 0.508 e. The molecule has 104 heavy (non-hydrogen) atoms. The SMILES string of the molecule is CCCCCCCCCCCCCC(=O)N[C@H](CO)C(=O)N[C@@H]1C(=O)N[C@H](CCN)C(=O)N[C@@H](CC(=O)O)C(=O)NCC(=O)N[C@H](CC(N)=O)C(=O)N[C@H](CC(=O)O)C(=O)NCC(=O)N[C@@H](Cc2ccc(O)cc2)C(=O)N[C@@H](C(C)C)C(=O)N[C@@H](CCN)C(=O)N[C@@H](Cc2ccccc2)C(=O)O[C@@H]1C. The normalized spacial score (nSPS) is 22.5. The standard InChI is InChI=1S/C68H103N15O21/c1-5-6-7-8-9-10-11-12-13-14-18-21-52(87)76-50(37-84)65(100)83-58-39(4)104-68(103)49(31-40-19-16-15-17-20-40)81-62(97)44(27-29-70)77-66(101)57(38(2)3)82-64(99)45(30-41-22-24-42(85)25-23-41)74-53(88)35-72-60(95)48(34-56(92)93)80-63(98)46(32-51(71)86)75-54(89)36-73-59(94)47(33-55(90)91)79-61(96)43(26-28-69)78-67(58)102/h15-17,19-20,22-25,38-39,43-50,57-58,84-85H,5-14,18,21,26-37,69-70H2,1-4H3,(H2,71,86)(H,72,95)(H,73,94)(H,74,88)(H,75,89)(H,76,87)(H,77,101)(H,78,102)(H,79,96)(H,80,98)(H,81,97)(H,82,99)(H,83,100)(H,90,91)(H,92,93)/t39-,43-,44+,45+,46-,47+,48-,49+,50-,57+,58+/m1/s1. The number of aliphatic hydroxyl groups excluding tert-OH is 1. The number of cyclic esters (lactones) is 1. The number of amides is 13. The summed E-state index contributed by atoms with van der Waals surface area (Å²) in [4.78, 5) is 219. The first-order chi connectivity index (χ1) is 49.4. The molecule has 0 radical (unpaired) electrons. The molecule has 0 aromatic heterocycles. The number of benzene rings is 2. The zero-order valence-corrected chi connectivity index (χ0v) is 59.1. The molecule has 3 rings (SSSR count). The van der Waals surface area contributed by atoms with Crippen molar-refractivity contribution in [3.8, 4) is 5.75 Å². The fraction of sp³-hybridized carbons (Fsp3) is 0.588. The van der Waals surface area contributed by atoms with Gasteiger partial charge in [0.25, 0.3) is 0 Å². The smallest absolute Gasteiger partial charge is 0.329 e. The highest BCUT2D eigenvalue weighted by molar-refractivity contribution is 6.01. The zero-order chi connectivity index (χ0) is 77.4. The summed E-state index contributed by atoms with van der Waals surface area (Å²) >= 11 is 0. The third kappa shape index (κ3) is 33.2. The maximum atomic E-state index is 14.7. The molecule has 0 bridgehead atoms. The second kappa shape index (κ2) is 47.0. The van der Waals surface area contributed by atoms with Gasteiger partial charge in [0.15, 0.2) is 0 Å². The second-order valence-electron chi connectivity index (χ2n) is 25.5.